The van der Waals surface area contributed by atoms with Crippen LogP contribution in [0.15, 0.2) is 35.4 Å². The van der Waals surface area contributed by atoms with Gasteiger partial charge in [0.2, 0.25) is 5.91 Å². The van der Waals surface area contributed by atoms with E-state index in [1.54, 1.807) is 12.1 Å². The van der Waals surface area contributed by atoms with Crippen LogP contribution in [-0.2, 0) is 26.5 Å². The van der Waals surface area contributed by atoms with Crippen LogP contribution in [0.2, 0.25) is 0 Å². The number of aromatic nitrogens is 2. The Kier molecular flexibility index (Phi) is 5.70. The molecule has 162 valence electrons. The first kappa shape index (κ1) is 21.0. The van der Waals surface area contributed by atoms with Gasteiger partial charge >= 0.3 is 0 Å². The second-order valence-electron chi connectivity index (χ2n) is 8.74. The highest BCUT2D eigenvalue weighted by Gasteiger charge is 2.45. The van der Waals surface area contributed by atoms with Crippen molar-refractivity contribution in [1.82, 2.24) is 15.1 Å². The van der Waals surface area contributed by atoms with Gasteiger partial charge in [-0.05, 0) is 55.7 Å². The first-order valence-electron chi connectivity index (χ1n) is 10.6. The maximum absolute atomic E-state index is 13.7. The van der Waals surface area contributed by atoms with Gasteiger partial charge in [-0.25, -0.2) is 12.8 Å². The number of benzene rings is 1. The third kappa shape index (κ3) is 4.02. The van der Waals surface area contributed by atoms with Gasteiger partial charge in [0.1, 0.15) is 10.7 Å². The zero-order chi connectivity index (χ0) is 21.4. The number of hydrogen-bond donors (Lipinski definition) is 1. The summed E-state index contributed by atoms with van der Waals surface area (Å²) >= 11 is 0. The number of hydrogen-bond acceptors (Lipinski definition) is 4. The number of amides is 1. The minimum atomic E-state index is -3.34. The molecule has 1 aromatic carbocycles. The zero-order valence-corrected chi connectivity index (χ0v) is 18.0. The highest BCUT2D eigenvalue weighted by molar-refractivity contribution is 7.90. The molecule has 0 bridgehead atoms. The standard InChI is InChI=1S/C22H28FN3O3S/c1-30(28,29)20-14-24-25-19(20)13-16-5-4-12-26(15-16)21(27)22(10-2-3-11-22)17-6-8-18(23)9-7-17/h6-9,14,16H,2-5,10-13,15H2,1H3,(H,24,25)/t16-/m1/s1. The zero-order valence-electron chi connectivity index (χ0n) is 17.2. The molecule has 8 heteroatoms. The Bertz CT molecular complexity index is 1010. The van der Waals surface area contributed by atoms with E-state index in [0.29, 0.717) is 25.2 Å². The van der Waals surface area contributed by atoms with E-state index in [1.165, 1.54) is 24.6 Å². The Labute approximate surface area is 176 Å². The largest absolute Gasteiger partial charge is 0.342 e. The van der Waals surface area contributed by atoms with Crippen LogP contribution in [0.4, 0.5) is 4.39 Å². The molecule has 1 saturated carbocycles. The molecule has 1 aliphatic carbocycles. The second-order valence-corrected chi connectivity index (χ2v) is 10.7. The maximum atomic E-state index is 13.7. The van der Waals surface area contributed by atoms with Gasteiger partial charge in [0.15, 0.2) is 9.84 Å². The molecule has 1 N–H and O–H groups in total. The first-order valence-corrected chi connectivity index (χ1v) is 12.5. The third-order valence-corrected chi connectivity index (χ3v) is 7.79. The number of aromatic amines is 1. The SMILES string of the molecule is CS(=O)(=O)c1cn[nH]c1C[C@H]1CCCN(C(=O)C2(c3ccc(F)cc3)CCCC2)C1. The molecular formula is C22H28FN3O3S. The topological polar surface area (TPSA) is 83.1 Å². The van der Waals surface area contributed by atoms with Crippen LogP contribution < -0.4 is 0 Å². The molecule has 0 spiro atoms. The molecular weight excluding hydrogens is 405 g/mol. The number of rotatable bonds is 5. The molecule has 1 saturated heterocycles. The van der Waals surface area contributed by atoms with Crippen LogP contribution in [0.3, 0.4) is 0 Å². The number of nitrogens with one attached hydrogen (secondary N) is 1. The van der Waals surface area contributed by atoms with Crippen LogP contribution in [0.1, 0.15) is 49.8 Å². The van der Waals surface area contributed by atoms with Crippen molar-refractivity contribution >= 4 is 15.7 Å². The fourth-order valence-corrected chi connectivity index (χ4v) is 5.97. The lowest BCUT2D eigenvalue weighted by Gasteiger charge is -2.39. The van der Waals surface area contributed by atoms with Crippen molar-refractivity contribution in [3.63, 3.8) is 0 Å². The third-order valence-electron chi connectivity index (χ3n) is 6.64. The molecule has 6 nitrogen and oxygen atoms in total. The molecule has 2 fully saturated rings. The Morgan fingerprint density at radius 3 is 2.60 bits per heavy atom. The fourth-order valence-electron chi connectivity index (χ4n) is 5.15. The van der Waals surface area contributed by atoms with Crippen molar-refractivity contribution < 1.29 is 17.6 Å². The summed E-state index contributed by atoms with van der Waals surface area (Å²) in [7, 11) is -3.34. The highest BCUT2D eigenvalue weighted by Crippen LogP contribution is 2.43. The Hall–Kier alpha value is -2.22. The van der Waals surface area contributed by atoms with E-state index in [-0.39, 0.29) is 22.5 Å². The van der Waals surface area contributed by atoms with Gasteiger partial charge in [0, 0.05) is 19.3 Å². The number of carbonyl (C=O) groups is 1. The molecule has 4 rings (SSSR count). The van der Waals surface area contributed by atoms with Gasteiger partial charge in [0.25, 0.3) is 0 Å². The van der Waals surface area contributed by atoms with E-state index in [4.69, 9.17) is 0 Å². The van der Waals surface area contributed by atoms with Crippen molar-refractivity contribution in [2.24, 2.45) is 5.92 Å². The summed E-state index contributed by atoms with van der Waals surface area (Å²) in [5.74, 6) is 0.0122. The summed E-state index contributed by atoms with van der Waals surface area (Å²) in [5, 5.41) is 6.74. The van der Waals surface area contributed by atoms with Gasteiger partial charge in [-0.3, -0.25) is 9.89 Å². The summed E-state index contributed by atoms with van der Waals surface area (Å²) in [5.41, 5.74) is 0.953. The van der Waals surface area contributed by atoms with Crippen molar-refractivity contribution in [2.45, 2.75) is 55.3 Å². The number of H-pyrrole nitrogens is 1. The fraction of sp³-hybridized carbons (Fsp3) is 0.545. The Morgan fingerprint density at radius 2 is 1.93 bits per heavy atom. The van der Waals surface area contributed by atoms with E-state index in [9.17, 15) is 17.6 Å². The van der Waals surface area contributed by atoms with Crippen LogP contribution in [0.25, 0.3) is 0 Å². The van der Waals surface area contributed by atoms with Crippen molar-refractivity contribution in [3.8, 4) is 0 Å². The molecule has 30 heavy (non-hydrogen) atoms. The number of likely N-dealkylation sites (tertiary alicyclic amines) is 1. The smallest absolute Gasteiger partial charge is 0.233 e. The monoisotopic (exact) mass is 433 g/mol. The average Bonchev–Trinajstić information content (AvgIpc) is 3.38. The van der Waals surface area contributed by atoms with Gasteiger partial charge in [-0.1, -0.05) is 25.0 Å². The molecule has 1 amide bonds. The summed E-state index contributed by atoms with van der Waals surface area (Å²) in [4.78, 5) is 15.9. The molecule has 2 aliphatic rings. The first-order chi connectivity index (χ1) is 14.3. The Balaban J connectivity index is 1.53. The summed E-state index contributed by atoms with van der Waals surface area (Å²) in [6.45, 7) is 1.31. The average molecular weight is 434 g/mol. The van der Waals surface area contributed by atoms with Crippen LogP contribution >= 0.6 is 0 Å². The Morgan fingerprint density at radius 1 is 1.23 bits per heavy atom. The maximum Gasteiger partial charge on any atom is 0.233 e. The highest BCUT2D eigenvalue weighted by atomic mass is 32.2. The molecule has 2 aromatic rings. The summed E-state index contributed by atoms with van der Waals surface area (Å²) in [6.07, 6.45) is 8.49. The van der Waals surface area contributed by atoms with Crippen LogP contribution in [-0.4, -0.2) is 48.8 Å². The van der Waals surface area contributed by atoms with E-state index < -0.39 is 15.3 Å². The lowest BCUT2D eigenvalue weighted by molar-refractivity contribution is -0.139. The van der Waals surface area contributed by atoms with Crippen LogP contribution in [0, 0.1) is 11.7 Å². The van der Waals surface area contributed by atoms with Crippen molar-refractivity contribution in [3.05, 3.63) is 47.5 Å². The van der Waals surface area contributed by atoms with E-state index in [1.807, 2.05) is 4.90 Å². The van der Waals surface area contributed by atoms with Crippen LogP contribution in [0.5, 0.6) is 0 Å². The lowest BCUT2D eigenvalue weighted by atomic mass is 9.76. The molecule has 1 atom stereocenters. The molecule has 0 radical (unpaired) electrons. The number of nitrogens with zero attached hydrogens (tertiary/aromatic N) is 2. The van der Waals surface area contributed by atoms with Gasteiger partial charge in [-0.2, -0.15) is 5.10 Å². The predicted octanol–water partition coefficient (Wildman–Crippen LogP) is 3.25. The van der Waals surface area contributed by atoms with E-state index in [0.717, 1.165) is 44.1 Å². The van der Waals surface area contributed by atoms with Gasteiger partial charge in [0.05, 0.1) is 17.3 Å². The number of piperidine rings is 1. The predicted molar refractivity (Wildman–Crippen MR) is 111 cm³/mol. The molecule has 1 aromatic heterocycles. The normalized spacial score (nSPS) is 21.7. The number of halogens is 1. The van der Waals surface area contributed by atoms with Crippen molar-refractivity contribution in [1.29, 1.82) is 0 Å². The summed E-state index contributed by atoms with van der Waals surface area (Å²) in [6, 6.07) is 6.38. The molecule has 1 aliphatic heterocycles. The van der Waals surface area contributed by atoms with E-state index in [2.05, 4.69) is 10.2 Å². The second kappa shape index (κ2) is 8.13. The van der Waals surface area contributed by atoms with Gasteiger partial charge < -0.3 is 4.90 Å². The minimum absolute atomic E-state index is 0.129. The molecule has 2 heterocycles. The number of carbonyl (C=O) groups excluding carboxylic acids is 1. The molecule has 0 unspecified atom stereocenters. The van der Waals surface area contributed by atoms with Crippen molar-refractivity contribution in [2.75, 3.05) is 19.3 Å². The lowest BCUT2D eigenvalue weighted by Crippen LogP contribution is -2.49. The van der Waals surface area contributed by atoms with Gasteiger partial charge in [-0.15, -0.1) is 0 Å². The van der Waals surface area contributed by atoms with E-state index >= 15 is 0 Å². The minimum Gasteiger partial charge on any atom is -0.342 e. The quantitative estimate of drug-likeness (QED) is 0.785. The summed E-state index contributed by atoms with van der Waals surface area (Å²) < 4.78 is 37.4. The number of sulfone groups is 1.